The maximum atomic E-state index is 10.5. The van der Waals surface area contributed by atoms with Crippen LogP contribution in [0.5, 0.6) is 0 Å². The molecule has 2 heterocycles. The van der Waals surface area contributed by atoms with Crippen LogP contribution >= 0.6 is 12.8 Å². The third kappa shape index (κ3) is 4.33. The van der Waals surface area contributed by atoms with E-state index in [1.807, 2.05) is 0 Å². The zero-order chi connectivity index (χ0) is 11.1. The first-order chi connectivity index (χ1) is 7.20. The zero-order valence-corrected chi connectivity index (χ0v) is 8.72. The summed E-state index contributed by atoms with van der Waals surface area (Å²) in [5.74, 6) is 0. The summed E-state index contributed by atoms with van der Waals surface area (Å²) in [5, 5.41) is 0. The molecule has 15 heavy (non-hydrogen) atoms. The highest BCUT2D eigenvalue weighted by atomic mass is 32.1. The third-order valence-corrected chi connectivity index (χ3v) is 1.81. The van der Waals surface area contributed by atoms with Crippen LogP contribution in [0.4, 0.5) is 0 Å². The number of hydrogen-bond acceptors (Lipinski definition) is 3. The van der Waals surface area contributed by atoms with Gasteiger partial charge in [0.05, 0.1) is 0 Å². The second-order valence-electron chi connectivity index (χ2n) is 2.61. The van der Waals surface area contributed by atoms with Gasteiger partial charge in [-0.15, -0.1) is 0 Å². The molecule has 0 radical (unpaired) electrons. The molecule has 0 aliphatic carbocycles. The fourth-order valence-corrected chi connectivity index (χ4v) is 0.939. The van der Waals surface area contributed by atoms with Gasteiger partial charge in [-0.2, -0.15) is 0 Å². The van der Waals surface area contributed by atoms with Crippen molar-refractivity contribution in [1.29, 1.82) is 0 Å². The van der Waals surface area contributed by atoms with Gasteiger partial charge in [0.15, 0.2) is 0 Å². The second-order valence-corrected chi connectivity index (χ2v) is 3.04. The summed E-state index contributed by atoms with van der Waals surface area (Å²) in [6, 6.07) is 9.80. The molecule has 0 aromatic carbocycles. The fraction of sp³-hybridized carbons (Fsp3) is 0. The van der Waals surface area contributed by atoms with Crippen LogP contribution in [0.15, 0.2) is 58.4 Å². The van der Waals surface area contributed by atoms with Crippen LogP contribution < -0.4 is 11.1 Å². The van der Waals surface area contributed by atoms with Gasteiger partial charge >= 0.3 is 0 Å². The summed E-state index contributed by atoms with van der Waals surface area (Å²) >= 11 is 3.80. The minimum Gasteiger partial charge on any atom is -0.329 e. The van der Waals surface area contributed by atoms with E-state index in [1.54, 1.807) is 36.7 Å². The first kappa shape index (κ1) is 11.3. The Hall–Kier alpha value is -1.75. The van der Waals surface area contributed by atoms with Crippen LogP contribution in [-0.4, -0.2) is 8.96 Å². The van der Waals surface area contributed by atoms with Crippen molar-refractivity contribution in [3.8, 4) is 0 Å². The van der Waals surface area contributed by atoms with Gasteiger partial charge in [0.1, 0.15) is 0 Å². The SMILES string of the molecule is O=c1cccc[nH]1.O=c1ccccn1S. The summed E-state index contributed by atoms with van der Waals surface area (Å²) in [4.78, 5) is 23.2. The molecule has 2 aromatic heterocycles. The van der Waals surface area contributed by atoms with Crippen LogP contribution in [0.3, 0.4) is 0 Å². The predicted molar refractivity (Wildman–Crippen MR) is 62.1 cm³/mol. The second kappa shape index (κ2) is 5.87. The van der Waals surface area contributed by atoms with Gasteiger partial charge in [0.2, 0.25) is 5.56 Å². The highest BCUT2D eigenvalue weighted by Gasteiger charge is 1.80. The molecule has 1 N–H and O–H groups in total. The van der Waals surface area contributed by atoms with Crippen molar-refractivity contribution in [3.63, 3.8) is 0 Å². The third-order valence-electron chi connectivity index (χ3n) is 1.48. The number of H-pyrrole nitrogens is 1. The Morgan fingerprint density at radius 3 is 2.13 bits per heavy atom. The minimum absolute atomic E-state index is 0.0532. The van der Waals surface area contributed by atoms with E-state index >= 15 is 0 Å². The molecule has 0 bridgehead atoms. The summed E-state index contributed by atoms with van der Waals surface area (Å²) < 4.78 is 1.22. The Morgan fingerprint density at radius 2 is 1.80 bits per heavy atom. The Kier molecular flexibility index (Phi) is 4.43. The smallest absolute Gasteiger partial charge is 0.260 e. The van der Waals surface area contributed by atoms with Gasteiger partial charge in [-0.1, -0.05) is 24.9 Å². The maximum Gasteiger partial charge on any atom is 0.260 e. The molecule has 0 fully saturated rings. The monoisotopic (exact) mass is 222 g/mol. The van der Waals surface area contributed by atoms with Crippen LogP contribution in [0, 0.1) is 0 Å². The molecule has 0 atom stereocenters. The summed E-state index contributed by atoms with van der Waals surface area (Å²) in [6.07, 6.45) is 3.19. The van der Waals surface area contributed by atoms with Crippen LogP contribution in [0.2, 0.25) is 0 Å². The molecule has 0 aliphatic heterocycles. The number of aromatic nitrogens is 2. The molecule has 2 aromatic rings. The van der Waals surface area contributed by atoms with E-state index in [9.17, 15) is 9.59 Å². The molecule has 0 aliphatic rings. The van der Waals surface area contributed by atoms with Crippen molar-refractivity contribution in [2.45, 2.75) is 0 Å². The van der Waals surface area contributed by atoms with Gasteiger partial charge < -0.3 is 4.98 Å². The average Bonchev–Trinajstić information content (AvgIpc) is 2.25. The molecule has 4 nitrogen and oxygen atoms in total. The van der Waals surface area contributed by atoms with Crippen molar-refractivity contribution in [2.24, 2.45) is 0 Å². The first-order valence-corrected chi connectivity index (χ1v) is 4.61. The molecular formula is C10H10N2O2S. The van der Waals surface area contributed by atoms with Crippen molar-refractivity contribution >= 4 is 12.8 Å². The fourth-order valence-electron chi connectivity index (χ4n) is 0.796. The van der Waals surface area contributed by atoms with Gasteiger partial charge in [-0.25, -0.2) is 0 Å². The van der Waals surface area contributed by atoms with E-state index in [0.717, 1.165) is 0 Å². The van der Waals surface area contributed by atoms with Crippen LogP contribution in [0.25, 0.3) is 0 Å². The Bertz CT molecular complexity index is 501. The number of aromatic amines is 1. The number of nitrogens with one attached hydrogen (secondary N) is 1. The molecule has 2 rings (SSSR count). The molecule has 0 unspecified atom stereocenters. The van der Waals surface area contributed by atoms with Crippen molar-refractivity contribution < 1.29 is 0 Å². The van der Waals surface area contributed by atoms with Gasteiger partial charge in [-0.05, 0) is 12.1 Å². The van der Waals surface area contributed by atoms with E-state index in [0.29, 0.717) is 0 Å². The minimum atomic E-state index is -0.101. The van der Waals surface area contributed by atoms with E-state index in [2.05, 4.69) is 17.8 Å². The topological polar surface area (TPSA) is 54.9 Å². The number of pyridine rings is 2. The van der Waals surface area contributed by atoms with Crippen LogP contribution in [0.1, 0.15) is 0 Å². The molecule has 5 heteroatoms. The molecular weight excluding hydrogens is 212 g/mol. The number of nitrogens with zero attached hydrogens (tertiary/aromatic N) is 1. The average molecular weight is 222 g/mol. The van der Waals surface area contributed by atoms with Crippen LogP contribution in [-0.2, 0) is 0 Å². The molecule has 0 amide bonds. The standard InChI is InChI=1S/C5H5NOS.C5H5NO/c7-5-3-1-2-4-6(5)8;7-5-3-1-2-4-6-5/h1-4,8H;1-4H,(H,6,7). The lowest BCUT2D eigenvalue weighted by Crippen LogP contribution is -2.08. The molecule has 0 spiro atoms. The summed E-state index contributed by atoms with van der Waals surface area (Å²) in [6.45, 7) is 0. The predicted octanol–water partition coefficient (Wildman–Crippen LogP) is 0.916. The lowest BCUT2D eigenvalue weighted by Gasteiger charge is -1.87. The highest BCUT2D eigenvalue weighted by Crippen LogP contribution is 1.79. The van der Waals surface area contributed by atoms with Gasteiger partial charge in [0.25, 0.3) is 5.56 Å². The number of thiol groups is 1. The van der Waals surface area contributed by atoms with Gasteiger partial charge in [-0.3, -0.25) is 13.6 Å². The van der Waals surface area contributed by atoms with Crippen molar-refractivity contribution in [2.75, 3.05) is 0 Å². The first-order valence-electron chi connectivity index (χ1n) is 4.21. The quantitative estimate of drug-likeness (QED) is 0.651. The van der Waals surface area contributed by atoms with Gasteiger partial charge in [0, 0.05) is 24.5 Å². The molecule has 78 valence electrons. The Labute approximate surface area is 91.8 Å². The van der Waals surface area contributed by atoms with E-state index in [1.165, 1.54) is 16.1 Å². The van der Waals surface area contributed by atoms with E-state index < -0.39 is 0 Å². The number of rotatable bonds is 0. The highest BCUT2D eigenvalue weighted by molar-refractivity contribution is 7.78. The largest absolute Gasteiger partial charge is 0.329 e. The zero-order valence-electron chi connectivity index (χ0n) is 7.83. The molecule has 0 saturated heterocycles. The number of hydrogen-bond donors (Lipinski definition) is 2. The maximum absolute atomic E-state index is 10.5. The Balaban J connectivity index is 0.000000151. The summed E-state index contributed by atoms with van der Waals surface area (Å²) in [7, 11) is 0. The lowest BCUT2D eigenvalue weighted by atomic mass is 10.5. The Morgan fingerprint density at radius 1 is 1.07 bits per heavy atom. The van der Waals surface area contributed by atoms with Crippen molar-refractivity contribution in [1.82, 2.24) is 8.96 Å². The lowest BCUT2D eigenvalue weighted by molar-refractivity contribution is 1.16. The molecule has 0 saturated carbocycles. The van der Waals surface area contributed by atoms with E-state index in [4.69, 9.17) is 0 Å². The van der Waals surface area contributed by atoms with Crippen molar-refractivity contribution in [3.05, 3.63) is 69.5 Å². The summed E-state index contributed by atoms with van der Waals surface area (Å²) in [5.41, 5.74) is -0.154. The van der Waals surface area contributed by atoms with E-state index in [-0.39, 0.29) is 11.1 Å². The normalized spacial score (nSPS) is 8.87.